The number of nitrogens with zero attached hydrogens (tertiary/aromatic N) is 2. The standard InChI is InChI=1S/C16H23N3/c1-3-15(4-2)16-10-18-12-19(16)11-14-7-5-13(9-17)6-8-14/h5-8,10,12,15H,3-4,9,11,17H2,1-2H3. The number of benzene rings is 1. The van der Waals surface area contributed by atoms with Crippen LogP contribution in [0.3, 0.4) is 0 Å². The summed E-state index contributed by atoms with van der Waals surface area (Å²) in [5.41, 5.74) is 9.43. The van der Waals surface area contributed by atoms with E-state index in [-0.39, 0.29) is 0 Å². The normalized spacial score (nSPS) is 11.2. The molecule has 2 N–H and O–H groups in total. The molecular formula is C16H23N3. The van der Waals surface area contributed by atoms with Crippen LogP contribution in [0.25, 0.3) is 0 Å². The van der Waals surface area contributed by atoms with Gasteiger partial charge in [0.05, 0.1) is 6.33 Å². The highest BCUT2D eigenvalue weighted by Crippen LogP contribution is 2.23. The summed E-state index contributed by atoms with van der Waals surface area (Å²) in [5.74, 6) is 0.603. The van der Waals surface area contributed by atoms with Gasteiger partial charge in [0.2, 0.25) is 0 Å². The number of aromatic nitrogens is 2. The van der Waals surface area contributed by atoms with Gasteiger partial charge in [0.25, 0.3) is 0 Å². The van der Waals surface area contributed by atoms with Gasteiger partial charge in [-0.05, 0) is 24.0 Å². The van der Waals surface area contributed by atoms with Crippen molar-refractivity contribution >= 4 is 0 Å². The summed E-state index contributed by atoms with van der Waals surface area (Å²) in [6.07, 6.45) is 6.26. The highest BCUT2D eigenvalue weighted by Gasteiger charge is 2.12. The van der Waals surface area contributed by atoms with E-state index in [0.29, 0.717) is 12.5 Å². The number of hydrogen-bond donors (Lipinski definition) is 1. The zero-order chi connectivity index (χ0) is 13.7. The van der Waals surface area contributed by atoms with Crippen LogP contribution < -0.4 is 5.73 Å². The number of nitrogens with two attached hydrogens (primary N) is 1. The maximum absolute atomic E-state index is 5.62. The SMILES string of the molecule is CCC(CC)c1cncn1Cc1ccc(CN)cc1. The van der Waals surface area contributed by atoms with Crippen LogP contribution in [0.4, 0.5) is 0 Å². The van der Waals surface area contributed by atoms with Gasteiger partial charge in [0.15, 0.2) is 0 Å². The first-order chi connectivity index (χ1) is 9.28. The van der Waals surface area contributed by atoms with Gasteiger partial charge in [-0.25, -0.2) is 4.98 Å². The van der Waals surface area contributed by atoms with Crippen molar-refractivity contribution in [2.75, 3.05) is 0 Å². The number of hydrogen-bond acceptors (Lipinski definition) is 2. The summed E-state index contributed by atoms with van der Waals surface area (Å²) in [4.78, 5) is 4.31. The Labute approximate surface area is 115 Å². The average Bonchev–Trinajstić information content (AvgIpc) is 2.89. The molecule has 0 aliphatic rings. The van der Waals surface area contributed by atoms with E-state index in [4.69, 9.17) is 5.73 Å². The van der Waals surface area contributed by atoms with Gasteiger partial charge in [-0.2, -0.15) is 0 Å². The fourth-order valence-corrected chi connectivity index (χ4v) is 2.49. The lowest BCUT2D eigenvalue weighted by molar-refractivity contribution is 0.582. The first kappa shape index (κ1) is 13.8. The van der Waals surface area contributed by atoms with Gasteiger partial charge in [-0.1, -0.05) is 38.1 Å². The molecule has 102 valence electrons. The number of rotatable bonds is 6. The van der Waals surface area contributed by atoms with E-state index >= 15 is 0 Å². The number of imidazole rings is 1. The van der Waals surface area contributed by atoms with Crippen molar-refractivity contribution in [3.63, 3.8) is 0 Å². The topological polar surface area (TPSA) is 43.8 Å². The summed E-state index contributed by atoms with van der Waals surface area (Å²) >= 11 is 0. The van der Waals surface area contributed by atoms with Crippen LogP contribution in [0.1, 0.15) is 49.4 Å². The molecule has 0 aliphatic heterocycles. The second-order valence-corrected chi connectivity index (χ2v) is 4.98. The van der Waals surface area contributed by atoms with Gasteiger partial charge in [-0.3, -0.25) is 0 Å². The molecule has 19 heavy (non-hydrogen) atoms. The molecule has 1 aromatic heterocycles. The Morgan fingerprint density at radius 3 is 2.32 bits per heavy atom. The van der Waals surface area contributed by atoms with Crippen LogP contribution in [0.2, 0.25) is 0 Å². The van der Waals surface area contributed by atoms with Crippen LogP contribution in [0.15, 0.2) is 36.8 Å². The molecule has 2 aromatic rings. The van der Waals surface area contributed by atoms with Gasteiger partial charge in [-0.15, -0.1) is 0 Å². The molecule has 0 unspecified atom stereocenters. The van der Waals surface area contributed by atoms with Crippen LogP contribution in [-0.4, -0.2) is 9.55 Å². The van der Waals surface area contributed by atoms with E-state index in [1.165, 1.54) is 16.8 Å². The second-order valence-electron chi connectivity index (χ2n) is 4.98. The predicted octanol–water partition coefficient (Wildman–Crippen LogP) is 3.29. The van der Waals surface area contributed by atoms with Crippen molar-refractivity contribution in [2.24, 2.45) is 5.73 Å². The van der Waals surface area contributed by atoms with Crippen LogP contribution in [-0.2, 0) is 13.1 Å². The molecule has 3 nitrogen and oxygen atoms in total. The van der Waals surface area contributed by atoms with E-state index < -0.39 is 0 Å². The molecule has 0 fully saturated rings. The molecule has 0 saturated heterocycles. The van der Waals surface area contributed by atoms with E-state index in [1.54, 1.807) is 0 Å². The largest absolute Gasteiger partial charge is 0.330 e. The van der Waals surface area contributed by atoms with Crippen molar-refractivity contribution in [1.29, 1.82) is 0 Å². The molecule has 0 saturated carbocycles. The highest BCUT2D eigenvalue weighted by atomic mass is 15.0. The third-order valence-corrected chi connectivity index (χ3v) is 3.76. The summed E-state index contributed by atoms with van der Waals surface area (Å²) in [6, 6.07) is 8.50. The Morgan fingerprint density at radius 1 is 1.11 bits per heavy atom. The molecule has 0 spiro atoms. The Hall–Kier alpha value is -1.61. The predicted molar refractivity (Wildman–Crippen MR) is 79.0 cm³/mol. The molecule has 0 bridgehead atoms. The maximum atomic E-state index is 5.62. The quantitative estimate of drug-likeness (QED) is 0.863. The lowest BCUT2D eigenvalue weighted by atomic mass is 10.00. The van der Waals surface area contributed by atoms with Crippen LogP contribution >= 0.6 is 0 Å². The first-order valence-corrected chi connectivity index (χ1v) is 7.06. The molecule has 1 heterocycles. The first-order valence-electron chi connectivity index (χ1n) is 7.06. The maximum Gasteiger partial charge on any atom is 0.0951 e. The molecular weight excluding hydrogens is 234 g/mol. The van der Waals surface area contributed by atoms with Crippen molar-refractivity contribution in [2.45, 2.75) is 45.7 Å². The zero-order valence-electron chi connectivity index (χ0n) is 11.8. The Kier molecular flexibility index (Phi) is 4.74. The summed E-state index contributed by atoms with van der Waals surface area (Å²) in [6.45, 7) is 5.96. The third-order valence-electron chi connectivity index (χ3n) is 3.76. The van der Waals surface area contributed by atoms with Crippen LogP contribution in [0.5, 0.6) is 0 Å². The lowest BCUT2D eigenvalue weighted by Crippen LogP contribution is -2.07. The lowest BCUT2D eigenvalue weighted by Gasteiger charge is -2.15. The van der Waals surface area contributed by atoms with Crippen molar-refractivity contribution in [1.82, 2.24) is 9.55 Å². The van der Waals surface area contributed by atoms with Gasteiger partial charge in [0, 0.05) is 30.9 Å². The Morgan fingerprint density at radius 2 is 1.74 bits per heavy atom. The average molecular weight is 257 g/mol. The van der Waals surface area contributed by atoms with E-state index in [9.17, 15) is 0 Å². The van der Waals surface area contributed by atoms with Gasteiger partial charge < -0.3 is 10.3 Å². The molecule has 0 radical (unpaired) electrons. The second kappa shape index (κ2) is 6.53. The van der Waals surface area contributed by atoms with Crippen molar-refractivity contribution < 1.29 is 0 Å². The van der Waals surface area contributed by atoms with Gasteiger partial charge >= 0.3 is 0 Å². The summed E-state index contributed by atoms with van der Waals surface area (Å²) in [5, 5.41) is 0. The molecule has 0 amide bonds. The van der Waals surface area contributed by atoms with E-state index in [0.717, 1.165) is 19.4 Å². The Bertz CT molecular complexity index is 495. The van der Waals surface area contributed by atoms with Crippen LogP contribution in [0, 0.1) is 0 Å². The Balaban J connectivity index is 2.16. The third kappa shape index (κ3) is 3.24. The smallest absolute Gasteiger partial charge is 0.0951 e. The fraction of sp³-hybridized carbons (Fsp3) is 0.438. The zero-order valence-corrected chi connectivity index (χ0v) is 11.8. The minimum absolute atomic E-state index is 0.602. The molecule has 0 aliphatic carbocycles. The minimum Gasteiger partial charge on any atom is -0.330 e. The molecule has 0 atom stereocenters. The van der Waals surface area contributed by atoms with Crippen molar-refractivity contribution in [3.05, 3.63) is 53.6 Å². The molecule has 2 rings (SSSR count). The fourth-order valence-electron chi connectivity index (χ4n) is 2.49. The summed E-state index contributed by atoms with van der Waals surface area (Å²) < 4.78 is 2.26. The minimum atomic E-state index is 0.602. The van der Waals surface area contributed by atoms with Gasteiger partial charge in [0.1, 0.15) is 0 Å². The summed E-state index contributed by atoms with van der Waals surface area (Å²) in [7, 11) is 0. The van der Waals surface area contributed by atoms with E-state index in [1.807, 2.05) is 12.5 Å². The van der Waals surface area contributed by atoms with Crippen molar-refractivity contribution in [3.8, 4) is 0 Å². The van der Waals surface area contributed by atoms with E-state index in [2.05, 4.69) is 47.7 Å². The highest BCUT2D eigenvalue weighted by molar-refractivity contribution is 5.23. The molecule has 3 heteroatoms. The monoisotopic (exact) mass is 257 g/mol. The molecule has 1 aromatic carbocycles.